The van der Waals surface area contributed by atoms with E-state index in [0.717, 1.165) is 42.8 Å². The maximum atomic E-state index is 12.1. The second-order valence-corrected chi connectivity index (χ2v) is 6.18. The van der Waals surface area contributed by atoms with E-state index in [2.05, 4.69) is 10.6 Å². The van der Waals surface area contributed by atoms with Crippen molar-refractivity contribution in [2.75, 3.05) is 13.1 Å². The first-order chi connectivity index (χ1) is 11.8. The van der Waals surface area contributed by atoms with Crippen LogP contribution in [0.25, 0.3) is 0 Å². The maximum Gasteiger partial charge on any atom is 0.224 e. The smallest absolute Gasteiger partial charge is 0.224 e. The maximum absolute atomic E-state index is 12.1. The van der Waals surface area contributed by atoms with Gasteiger partial charge in [-0.3, -0.25) is 4.79 Å². The van der Waals surface area contributed by atoms with Crippen molar-refractivity contribution in [3.8, 4) is 5.75 Å². The summed E-state index contributed by atoms with van der Waals surface area (Å²) in [6, 6.07) is 18.0. The largest absolute Gasteiger partial charge is 0.489 e. The van der Waals surface area contributed by atoms with Crippen molar-refractivity contribution in [2.45, 2.75) is 26.0 Å². The van der Waals surface area contributed by atoms with Crippen LogP contribution >= 0.6 is 0 Å². The van der Waals surface area contributed by atoms with Crippen LogP contribution in [0.5, 0.6) is 5.75 Å². The lowest BCUT2D eigenvalue weighted by Gasteiger charge is -2.21. The van der Waals surface area contributed by atoms with Crippen LogP contribution in [0.4, 0.5) is 0 Å². The number of rotatable bonds is 6. The summed E-state index contributed by atoms with van der Waals surface area (Å²) >= 11 is 0. The summed E-state index contributed by atoms with van der Waals surface area (Å²) in [5.74, 6) is 1.09. The number of hydrogen-bond acceptors (Lipinski definition) is 3. The number of ether oxygens (including phenoxy) is 1. The molecule has 0 bridgehead atoms. The van der Waals surface area contributed by atoms with Gasteiger partial charge in [-0.1, -0.05) is 42.5 Å². The Morgan fingerprint density at radius 2 is 1.88 bits per heavy atom. The van der Waals surface area contributed by atoms with E-state index in [0.29, 0.717) is 13.2 Å². The summed E-state index contributed by atoms with van der Waals surface area (Å²) in [7, 11) is 0. The van der Waals surface area contributed by atoms with Crippen LogP contribution in [-0.2, 0) is 17.9 Å². The van der Waals surface area contributed by atoms with Gasteiger partial charge < -0.3 is 15.4 Å². The zero-order valence-electron chi connectivity index (χ0n) is 13.8. The molecule has 2 aromatic carbocycles. The topological polar surface area (TPSA) is 50.4 Å². The molecule has 1 heterocycles. The van der Waals surface area contributed by atoms with Gasteiger partial charge in [-0.05, 0) is 42.6 Å². The van der Waals surface area contributed by atoms with E-state index in [1.165, 1.54) is 0 Å². The SMILES string of the molecule is O=C(NCc1ccc(OCc2ccccc2)cc1)C1CCCNC1. The highest BCUT2D eigenvalue weighted by molar-refractivity contribution is 5.78. The van der Waals surface area contributed by atoms with E-state index in [-0.39, 0.29) is 11.8 Å². The molecule has 24 heavy (non-hydrogen) atoms. The van der Waals surface area contributed by atoms with Crippen LogP contribution in [0.3, 0.4) is 0 Å². The van der Waals surface area contributed by atoms with Gasteiger partial charge in [0.15, 0.2) is 0 Å². The van der Waals surface area contributed by atoms with Crippen LogP contribution in [-0.4, -0.2) is 19.0 Å². The second-order valence-electron chi connectivity index (χ2n) is 6.18. The molecule has 4 heteroatoms. The molecular weight excluding hydrogens is 300 g/mol. The van der Waals surface area contributed by atoms with Crippen molar-refractivity contribution >= 4 is 5.91 Å². The molecular formula is C20H24N2O2. The molecule has 0 saturated carbocycles. The molecule has 0 spiro atoms. The summed E-state index contributed by atoms with van der Waals surface area (Å²) in [5, 5.41) is 6.30. The average molecular weight is 324 g/mol. The number of nitrogens with one attached hydrogen (secondary N) is 2. The Morgan fingerprint density at radius 3 is 2.58 bits per heavy atom. The van der Waals surface area contributed by atoms with E-state index < -0.39 is 0 Å². The third-order valence-electron chi connectivity index (χ3n) is 4.31. The summed E-state index contributed by atoms with van der Waals surface area (Å²) in [6.07, 6.45) is 2.05. The summed E-state index contributed by atoms with van der Waals surface area (Å²) in [4.78, 5) is 12.1. The molecule has 2 N–H and O–H groups in total. The summed E-state index contributed by atoms with van der Waals surface area (Å²) in [5.41, 5.74) is 2.23. The van der Waals surface area contributed by atoms with Crippen molar-refractivity contribution < 1.29 is 9.53 Å². The first kappa shape index (κ1) is 16.5. The molecule has 3 rings (SSSR count). The number of benzene rings is 2. The van der Waals surface area contributed by atoms with Crippen molar-refractivity contribution in [1.29, 1.82) is 0 Å². The molecule has 1 amide bonds. The molecule has 4 nitrogen and oxygen atoms in total. The summed E-state index contributed by atoms with van der Waals surface area (Å²) in [6.45, 7) is 2.94. The fourth-order valence-electron chi connectivity index (χ4n) is 2.85. The predicted octanol–water partition coefficient (Wildman–Crippen LogP) is 2.88. The van der Waals surface area contributed by atoms with Crippen LogP contribution in [0.1, 0.15) is 24.0 Å². The Bertz CT molecular complexity index is 634. The van der Waals surface area contributed by atoms with Gasteiger partial charge in [-0.15, -0.1) is 0 Å². The molecule has 1 aliphatic heterocycles. The lowest BCUT2D eigenvalue weighted by atomic mass is 9.99. The van der Waals surface area contributed by atoms with E-state index in [1.54, 1.807) is 0 Å². The first-order valence-corrected chi connectivity index (χ1v) is 8.55. The van der Waals surface area contributed by atoms with Crippen molar-refractivity contribution in [2.24, 2.45) is 5.92 Å². The molecule has 126 valence electrons. The molecule has 0 aliphatic carbocycles. The van der Waals surface area contributed by atoms with Crippen LogP contribution in [0.15, 0.2) is 54.6 Å². The second kappa shape index (κ2) is 8.50. The Morgan fingerprint density at radius 1 is 1.08 bits per heavy atom. The highest BCUT2D eigenvalue weighted by atomic mass is 16.5. The average Bonchev–Trinajstić information content (AvgIpc) is 2.67. The number of carbonyl (C=O) groups is 1. The molecule has 0 aromatic heterocycles. The Hall–Kier alpha value is -2.33. The molecule has 1 saturated heterocycles. The van der Waals surface area contributed by atoms with Gasteiger partial charge in [0.05, 0.1) is 5.92 Å². The van der Waals surface area contributed by atoms with Gasteiger partial charge in [0.1, 0.15) is 12.4 Å². The molecule has 0 radical (unpaired) electrons. The van der Waals surface area contributed by atoms with Crippen LogP contribution < -0.4 is 15.4 Å². The minimum Gasteiger partial charge on any atom is -0.489 e. The van der Waals surface area contributed by atoms with Crippen molar-refractivity contribution in [3.63, 3.8) is 0 Å². The van der Waals surface area contributed by atoms with Crippen molar-refractivity contribution in [3.05, 3.63) is 65.7 Å². The van der Waals surface area contributed by atoms with Gasteiger partial charge in [0.25, 0.3) is 0 Å². The van der Waals surface area contributed by atoms with E-state index in [1.807, 2.05) is 54.6 Å². The van der Waals surface area contributed by atoms with E-state index >= 15 is 0 Å². The summed E-state index contributed by atoms with van der Waals surface area (Å²) < 4.78 is 5.77. The Kier molecular flexibility index (Phi) is 5.85. The quantitative estimate of drug-likeness (QED) is 0.859. The third kappa shape index (κ3) is 4.83. The molecule has 1 fully saturated rings. The van der Waals surface area contributed by atoms with Gasteiger partial charge in [0.2, 0.25) is 5.91 Å². The van der Waals surface area contributed by atoms with Crippen LogP contribution in [0, 0.1) is 5.92 Å². The van der Waals surface area contributed by atoms with Gasteiger partial charge in [-0.25, -0.2) is 0 Å². The van der Waals surface area contributed by atoms with E-state index in [4.69, 9.17) is 4.74 Å². The Labute approximate surface area is 143 Å². The molecule has 1 unspecified atom stereocenters. The third-order valence-corrected chi connectivity index (χ3v) is 4.31. The minimum atomic E-state index is 0.104. The predicted molar refractivity (Wildman–Crippen MR) is 94.7 cm³/mol. The highest BCUT2D eigenvalue weighted by Crippen LogP contribution is 2.15. The standard InChI is InChI=1S/C20H24N2O2/c23-20(18-7-4-12-21-14-18)22-13-16-8-10-19(11-9-16)24-15-17-5-2-1-3-6-17/h1-3,5-6,8-11,18,21H,4,7,12-15H2,(H,22,23). The van der Waals surface area contributed by atoms with Gasteiger partial charge in [-0.2, -0.15) is 0 Å². The zero-order valence-corrected chi connectivity index (χ0v) is 13.8. The number of amides is 1. The van der Waals surface area contributed by atoms with Gasteiger partial charge >= 0.3 is 0 Å². The van der Waals surface area contributed by atoms with E-state index in [9.17, 15) is 4.79 Å². The number of hydrogen-bond donors (Lipinski definition) is 2. The number of piperidine rings is 1. The fraction of sp³-hybridized carbons (Fsp3) is 0.350. The molecule has 1 atom stereocenters. The monoisotopic (exact) mass is 324 g/mol. The number of carbonyl (C=O) groups excluding carboxylic acids is 1. The lowest BCUT2D eigenvalue weighted by molar-refractivity contribution is -0.125. The van der Waals surface area contributed by atoms with Crippen molar-refractivity contribution in [1.82, 2.24) is 10.6 Å². The van der Waals surface area contributed by atoms with Crippen LogP contribution in [0.2, 0.25) is 0 Å². The molecule has 2 aromatic rings. The van der Waals surface area contributed by atoms with Gasteiger partial charge in [0, 0.05) is 13.1 Å². The Balaban J connectivity index is 1.45. The highest BCUT2D eigenvalue weighted by Gasteiger charge is 2.20. The lowest BCUT2D eigenvalue weighted by Crippen LogP contribution is -2.40. The fourth-order valence-corrected chi connectivity index (χ4v) is 2.85. The normalized spacial score (nSPS) is 17.2. The zero-order chi connectivity index (χ0) is 16.6. The first-order valence-electron chi connectivity index (χ1n) is 8.55. The minimum absolute atomic E-state index is 0.104. The molecule has 1 aliphatic rings.